The number of hydrogen-bond acceptors (Lipinski definition) is 6. The van der Waals surface area contributed by atoms with Crippen LogP contribution in [-0.4, -0.2) is 33.0 Å². The minimum atomic E-state index is -4.86. The van der Waals surface area contributed by atoms with Gasteiger partial charge in [-0.05, 0) is 25.1 Å². The van der Waals surface area contributed by atoms with E-state index in [-0.39, 0.29) is 23.7 Å². The molecular formula is C19H17ClF3N3O5. The van der Waals surface area contributed by atoms with Gasteiger partial charge in [0, 0.05) is 37.0 Å². The molecule has 1 aromatic heterocycles. The molecule has 1 aliphatic heterocycles. The highest BCUT2D eigenvalue weighted by Gasteiger charge is 2.37. The first-order valence-electron chi connectivity index (χ1n) is 8.91. The van der Waals surface area contributed by atoms with Crippen molar-refractivity contribution in [3.05, 3.63) is 61.4 Å². The molecule has 31 heavy (non-hydrogen) atoms. The summed E-state index contributed by atoms with van der Waals surface area (Å²) in [5.74, 6) is -0.490. The molecule has 0 fully saturated rings. The summed E-state index contributed by atoms with van der Waals surface area (Å²) >= 11 is 6.24. The molecule has 1 aromatic carbocycles. The minimum Gasteiger partial charge on any atom is -0.461 e. The number of carbonyl (C=O) groups excluding carboxylic acids is 1. The van der Waals surface area contributed by atoms with Crippen LogP contribution in [0.15, 0.2) is 39.0 Å². The molecule has 0 radical (unpaired) electrons. The Morgan fingerprint density at radius 3 is 2.61 bits per heavy atom. The van der Waals surface area contributed by atoms with Crippen LogP contribution < -0.4 is 11.2 Å². The van der Waals surface area contributed by atoms with Gasteiger partial charge in [0.05, 0.1) is 11.4 Å². The molecule has 2 aromatic rings. The van der Waals surface area contributed by atoms with E-state index in [0.717, 1.165) is 7.05 Å². The number of alkyl halides is 3. The summed E-state index contributed by atoms with van der Waals surface area (Å²) < 4.78 is 45.1. The van der Waals surface area contributed by atoms with E-state index in [2.05, 4.69) is 5.16 Å². The number of esters is 1. The van der Waals surface area contributed by atoms with Crippen molar-refractivity contribution in [2.45, 2.75) is 32.0 Å². The fourth-order valence-corrected chi connectivity index (χ4v) is 3.30. The van der Waals surface area contributed by atoms with Crippen LogP contribution >= 0.6 is 11.6 Å². The second-order valence-electron chi connectivity index (χ2n) is 7.24. The molecule has 0 saturated heterocycles. The lowest BCUT2D eigenvalue weighted by atomic mass is 9.96. The molecular weight excluding hydrogens is 443 g/mol. The molecule has 2 heterocycles. The van der Waals surface area contributed by atoms with Crippen molar-refractivity contribution >= 4 is 23.3 Å². The fraction of sp³-hybridized carbons (Fsp3) is 0.368. The molecule has 1 atom stereocenters. The van der Waals surface area contributed by atoms with Crippen molar-refractivity contribution < 1.29 is 27.5 Å². The van der Waals surface area contributed by atoms with Gasteiger partial charge in [-0.15, -0.1) is 0 Å². The maximum Gasteiger partial charge on any atom is 0.431 e. The lowest BCUT2D eigenvalue weighted by molar-refractivity contribution is -0.150. The second kappa shape index (κ2) is 7.88. The molecule has 166 valence electrons. The summed E-state index contributed by atoms with van der Waals surface area (Å²) in [6.45, 7) is 2.86. The van der Waals surface area contributed by atoms with E-state index < -0.39 is 34.7 Å². The summed E-state index contributed by atoms with van der Waals surface area (Å²) in [5.41, 5.74) is -3.93. The van der Waals surface area contributed by atoms with Gasteiger partial charge >= 0.3 is 17.8 Å². The Hall–Kier alpha value is -3.08. The fourth-order valence-electron chi connectivity index (χ4n) is 3.07. The Morgan fingerprint density at radius 2 is 2.00 bits per heavy atom. The molecule has 0 bridgehead atoms. The largest absolute Gasteiger partial charge is 0.461 e. The molecule has 0 spiro atoms. The van der Waals surface area contributed by atoms with Gasteiger partial charge in [0.2, 0.25) is 0 Å². The number of oxime groups is 1. The van der Waals surface area contributed by atoms with Gasteiger partial charge in [0.1, 0.15) is 12.3 Å². The molecule has 0 N–H and O–H groups in total. The van der Waals surface area contributed by atoms with Crippen molar-refractivity contribution in [1.82, 2.24) is 9.13 Å². The summed E-state index contributed by atoms with van der Waals surface area (Å²) in [5, 5.41) is 4.18. The van der Waals surface area contributed by atoms with Crippen molar-refractivity contribution in [1.29, 1.82) is 0 Å². The summed E-state index contributed by atoms with van der Waals surface area (Å²) in [7, 11) is 0.924. The van der Waals surface area contributed by atoms with Gasteiger partial charge in [-0.1, -0.05) is 16.8 Å². The van der Waals surface area contributed by atoms with Crippen molar-refractivity contribution in [2.75, 3.05) is 6.61 Å². The number of nitrogens with zero attached hydrogens (tertiary/aromatic N) is 3. The predicted molar refractivity (Wildman–Crippen MR) is 105 cm³/mol. The van der Waals surface area contributed by atoms with E-state index >= 15 is 0 Å². The number of halogens is 4. The Morgan fingerprint density at radius 1 is 1.32 bits per heavy atom. The van der Waals surface area contributed by atoms with Crippen LogP contribution in [0.1, 0.15) is 31.5 Å². The van der Waals surface area contributed by atoms with Crippen molar-refractivity contribution in [3.63, 3.8) is 0 Å². The Bertz CT molecular complexity index is 1200. The Kier molecular flexibility index (Phi) is 5.74. The Labute approximate surface area is 178 Å². The van der Waals surface area contributed by atoms with E-state index in [1.807, 2.05) is 0 Å². The molecule has 1 unspecified atom stereocenters. The molecule has 3 rings (SSSR count). The highest BCUT2D eigenvalue weighted by molar-refractivity contribution is 6.34. The number of benzene rings is 1. The lowest BCUT2D eigenvalue weighted by Gasteiger charge is -2.20. The first kappa shape index (κ1) is 22.6. The quantitative estimate of drug-likeness (QED) is 0.655. The molecule has 0 amide bonds. The van der Waals surface area contributed by atoms with E-state index in [1.165, 1.54) is 25.1 Å². The SMILES string of the molecule is CC(=O)OCC1(C)CC(c2cc(-n3c(=O)cc(C(F)(F)F)n(C)c3=O)ccc2Cl)=NO1. The standard InChI is InChI=1S/C19H17ClF3N3O5/c1-10(27)30-9-18(2)8-14(24-31-18)12-6-11(4-5-13(12)20)26-16(28)7-15(19(21,22)23)25(3)17(26)29/h4-7H,8-9H2,1-3H3. The van der Waals surface area contributed by atoms with E-state index in [1.54, 1.807) is 6.92 Å². The van der Waals surface area contributed by atoms with Gasteiger partial charge in [-0.2, -0.15) is 13.2 Å². The second-order valence-corrected chi connectivity index (χ2v) is 7.65. The zero-order valence-electron chi connectivity index (χ0n) is 16.6. The third-order valence-electron chi connectivity index (χ3n) is 4.63. The highest BCUT2D eigenvalue weighted by Crippen LogP contribution is 2.31. The third kappa shape index (κ3) is 4.50. The number of aromatic nitrogens is 2. The topological polar surface area (TPSA) is 91.9 Å². The molecule has 0 aliphatic carbocycles. The van der Waals surface area contributed by atoms with Gasteiger partial charge < -0.3 is 9.57 Å². The first-order chi connectivity index (χ1) is 14.3. The average Bonchev–Trinajstić information content (AvgIpc) is 3.06. The van der Waals surface area contributed by atoms with Gasteiger partial charge in [-0.25, -0.2) is 9.36 Å². The van der Waals surface area contributed by atoms with Crippen molar-refractivity contribution in [2.24, 2.45) is 12.2 Å². The van der Waals surface area contributed by atoms with Gasteiger partial charge in [0.15, 0.2) is 5.60 Å². The van der Waals surface area contributed by atoms with Gasteiger partial charge in [0.25, 0.3) is 5.56 Å². The smallest absolute Gasteiger partial charge is 0.431 e. The van der Waals surface area contributed by atoms with Crippen LogP contribution in [0.5, 0.6) is 0 Å². The monoisotopic (exact) mass is 459 g/mol. The maximum absolute atomic E-state index is 13.1. The molecule has 12 heteroatoms. The number of ether oxygens (including phenoxy) is 1. The number of rotatable bonds is 4. The first-order valence-corrected chi connectivity index (χ1v) is 9.29. The average molecular weight is 460 g/mol. The van der Waals surface area contributed by atoms with Crippen LogP contribution in [0.25, 0.3) is 5.69 Å². The van der Waals surface area contributed by atoms with Crippen LogP contribution in [0.2, 0.25) is 5.02 Å². The lowest BCUT2D eigenvalue weighted by Crippen LogP contribution is -2.40. The zero-order valence-corrected chi connectivity index (χ0v) is 17.4. The summed E-state index contributed by atoms with van der Waals surface area (Å²) in [6, 6.07) is 4.43. The normalized spacial score (nSPS) is 18.5. The third-order valence-corrected chi connectivity index (χ3v) is 4.96. The van der Waals surface area contributed by atoms with Gasteiger partial charge in [-0.3, -0.25) is 14.2 Å². The predicted octanol–water partition coefficient (Wildman–Crippen LogP) is 2.65. The van der Waals surface area contributed by atoms with E-state index in [9.17, 15) is 27.6 Å². The highest BCUT2D eigenvalue weighted by atomic mass is 35.5. The van der Waals surface area contributed by atoms with Crippen LogP contribution in [0, 0.1) is 0 Å². The summed E-state index contributed by atoms with van der Waals surface area (Å²) in [6.07, 6.45) is -4.66. The van der Waals surface area contributed by atoms with Crippen LogP contribution in [0.4, 0.5) is 13.2 Å². The molecule has 8 nitrogen and oxygen atoms in total. The maximum atomic E-state index is 13.1. The summed E-state index contributed by atoms with van der Waals surface area (Å²) in [4.78, 5) is 41.3. The van der Waals surface area contributed by atoms with E-state index in [4.69, 9.17) is 21.2 Å². The molecule has 0 saturated carbocycles. The minimum absolute atomic E-state index is 0.00927. The number of hydrogen-bond donors (Lipinski definition) is 0. The van der Waals surface area contributed by atoms with E-state index in [0.29, 0.717) is 26.5 Å². The van der Waals surface area contributed by atoms with Crippen molar-refractivity contribution in [3.8, 4) is 5.69 Å². The zero-order chi connectivity index (χ0) is 23.1. The molecule has 1 aliphatic rings. The van der Waals surface area contributed by atoms with Crippen LogP contribution in [0.3, 0.4) is 0 Å². The number of carbonyl (C=O) groups is 1. The Balaban J connectivity index is 2.02. The van der Waals surface area contributed by atoms with Crippen LogP contribution in [-0.2, 0) is 27.6 Å².